The molecule has 2 N–H and O–H groups in total. The molecule has 3 aromatic rings. The Kier molecular flexibility index (Phi) is 4.66. The van der Waals surface area contributed by atoms with Crippen LogP contribution >= 0.6 is 11.3 Å². The van der Waals surface area contributed by atoms with Crippen LogP contribution in [0.4, 0.5) is 11.5 Å². The van der Waals surface area contributed by atoms with Gasteiger partial charge < -0.3 is 15.5 Å². The number of pyridine rings is 1. The molecule has 4 heterocycles. The number of amides is 1. The number of carbonyl (C=O) groups is 1. The number of nitrogen functional groups attached to an aromatic ring is 1. The van der Waals surface area contributed by atoms with Crippen LogP contribution in [-0.4, -0.2) is 52.9 Å². The van der Waals surface area contributed by atoms with Crippen LogP contribution in [0.25, 0.3) is 10.2 Å². The maximum absolute atomic E-state index is 12.4. The molecule has 1 aliphatic rings. The number of anilines is 2. The molecule has 0 unspecified atom stereocenters. The molecular weight excluding hydrogens is 372 g/mol. The normalized spacial score (nSPS) is 19.8. The third-order valence-electron chi connectivity index (χ3n) is 5.38. The first-order valence-corrected chi connectivity index (χ1v) is 10.1. The molecule has 0 radical (unpaired) electrons. The summed E-state index contributed by atoms with van der Waals surface area (Å²) in [5.41, 5.74) is 7.68. The quantitative estimate of drug-likeness (QED) is 0.732. The van der Waals surface area contributed by atoms with Crippen molar-refractivity contribution in [2.24, 2.45) is 0 Å². The van der Waals surface area contributed by atoms with E-state index < -0.39 is 0 Å². The lowest BCUT2D eigenvalue weighted by atomic mass is 9.78. The van der Waals surface area contributed by atoms with Crippen molar-refractivity contribution in [2.45, 2.75) is 25.2 Å². The van der Waals surface area contributed by atoms with E-state index in [0.29, 0.717) is 10.6 Å². The molecule has 28 heavy (non-hydrogen) atoms. The van der Waals surface area contributed by atoms with Gasteiger partial charge in [-0.2, -0.15) is 0 Å². The Bertz CT molecular complexity index is 1020. The van der Waals surface area contributed by atoms with Crippen LogP contribution in [0.2, 0.25) is 0 Å². The van der Waals surface area contributed by atoms with Crippen LogP contribution in [0.3, 0.4) is 0 Å². The van der Waals surface area contributed by atoms with Gasteiger partial charge in [0, 0.05) is 56.1 Å². The average molecular weight is 397 g/mol. The predicted molar refractivity (Wildman–Crippen MR) is 113 cm³/mol. The van der Waals surface area contributed by atoms with Gasteiger partial charge in [0.05, 0.1) is 11.9 Å². The number of fused-ring (bicyclic) bond motifs is 1. The summed E-state index contributed by atoms with van der Waals surface area (Å²) in [6, 6.07) is 4.05. The van der Waals surface area contributed by atoms with E-state index in [9.17, 15) is 4.79 Å². The fraction of sp³-hybridized carbons (Fsp3) is 0.400. The van der Waals surface area contributed by atoms with Gasteiger partial charge in [0.25, 0.3) is 5.91 Å². The van der Waals surface area contributed by atoms with Crippen molar-refractivity contribution in [2.75, 3.05) is 37.8 Å². The number of nitrogens with zero attached hydrogens (tertiary/aromatic N) is 5. The first kappa shape index (κ1) is 18.6. The number of carbonyl (C=O) groups excluding carboxylic acids is 1. The molecule has 3 aromatic heterocycles. The Hall–Kier alpha value is -2.74. The summed E-state index contributed by atoms with van der Waals surface area (Å²) in [6.07, 6.45) is 7.33. The van der Waals surface area contributed by atoms with Crippen molar-refractivity contribution in [1.82, 2.24) is 19.9 Å². The molecule has 1 atom stereocenters. The summed E-state index contributed by atoms with van der Waals surface area (Å²) < 4.78 is 0. The topological polar surface area (TPSA) is 88.2 Å². The molecule has 0 aliphatic carbocycles. The zero-order valence-corrected chi connectivity index (χ0v) is 17.2. The van der Waals surface area contributed by atoms with Crippen molar-refractivity contribution in [3.8, 4) is 0 Å². The van der Waals surface area contributed by atoms with Gasteiger partial charge in [-0.25, -0.2) is 9.97 Å². The Labute approximate surface area is 168 Å². The number of hydrogen-bond acceptors (Lipinski definition) is 7. The maximum Gasteiger partial charge on any atom is 0.265 e. The highest BCUT2D eigenvalue weighted by Gasteiger charge is 2.35. The highest BCUT2D eigenvalue weighted by atomic mass is 32.1. The highest BCUT2D eigenvalue weighted by Crippen LogP contribution is 2.38. The molecule has 1 fully saturated rings. The first-order chi connectivity index (χ1) is 13.4. The number of rotatable bonds is 3. The monoisotopic (exact) mass is 396 g/mol. The fourth-order valence-corrected chi connectivity index (χ4v) is 4.91. The first-order valence-electron chi connectivity index (χ1n) is 9.31. The molecule has 1 saturated heterocycles. The van der Waals surface area contributed by atoms with Crippen molar-refractivity contribution < 1.29 is 4.79 Å². The Morgan fingerprint density at radius 1 is 1.32 bits per heavy atom. The number of piperidine rings is 1. The number of hydrogen-bond donors (Lipinski definition) is 1. The molecule has 7 nitrogen and oxygen atoms in total. The lowest BCUT2D eigenvalue weighted by Gasteiger charge is -2.40. The second kappa shape index (κ2) is 7.01. The van der Waals surface area contributed by atoms with Gasteiger partial charge in [-0.05, 0) is 25.0 Å². The smallest absolute Gasteiger partial charge is 0.265 e. The summed E-state index contributed by atoms with van der Waals surface area (Å²) in [6.45, 7) is 4.03. The van der Waals surface area contributed by atoms with E-state index in [-0.39, 0.29) is 11.3 Å². The van der Waals surface area contributed by atoms with E-state index in [1.165, 1.54) is 11.3 Å². The van der Waals surface area contributed by atoms with Gasteiger partial charge in [0.15, 0.2) is 0 Å². The van der Waals surface area contributed by atoms with Gasteiger partial charge in [-0.3, -0.25) is 9.78 Å². The standard InChI is InChI=1S/C20H24N6OS/c1-20(7-4-10-26(12-20)15-11-22-8-9-23-15)14-6-5-13-16(21)17(19(27)25(2)3)28-18(13)24-14/h5-6,8-9,11H,4,7,10,12,21H2,1-3H3/t20-/m1/s1. The lowest BCUT2D eigenvalue weighted by Crippen LogP contribution is -2.45. The number of aromatic nitrogens is 3. The Morgan fingerprint density at radius 2 is 2.14 bits per heavy atom. The van der Waals surface area contributed by atoms with Gasteiger partial charge in [0.1, 0.15) is 15.5 Å². The van der Waals surface area contributed by atoms with Gasteiger partial charge in [0.2, 0.25) is 0 Å². The molecular formula is C20H24N6OS. The van der Waals surface area contributed by atoms with Crippen molar-refractivity contribution in [3.05, 3.63) is 41.3 Å². The molecule has 1 amide bonds. The zero-order valence-electron chi connectivity index (χ0n) is 16.3. The minimum atomic E-state index is -0.103. The third kappa shape index (κ3) is 3.17. The summed E-state index contributed by atoms with van der Waals surface area (Å²) in [5.74, 6) is 0.813. The fourth-order valence-electron chi connectivity index (χ4n) is 3.79. The second-order valence-corrected chi connectivity index (χ2v) is 8.74. The Balaban J connectivity index is 1.69. The summed E-state index contributed by atoms with van der Waals surface area (Å²) >= 11 is 1.37. The van der Waals surface area contributed by atoms with Gasteiger partial charge in [-0.15, -0.1) is 11.3 Å². The van der Waals surface area contributed by atoms with Crippen molar-refractivity contribution in [3.63, 3.8) is 0 Å². The van der Waals surface area contributed by atoms with Crippen LogP contribution < -0.4 is 10.6 Å². The highest BCUT2D eigenvalue weighted by molar-refractivity contribution is 7.21. The Morgan fingerprint density at radius 3 is 2.86 bits per heavy atom. The lowest BCUT2D eigenvalue weighted by molar-refractivity contribution is 0.0833. The second-order valence-electron chi connectivity index (χ2n) is 7.74. The van der Waals surface area contributed by atoms with Crippen LogP contribution in [0.15, 0.2) is 30.7 Å². The minimum Gasteiger partial charge on any atom is -0.397 e. The van der Waals surface area contributed by atoms with Gasteiger partial charge >= 0.3 is 0 Å². The molecule has 1 aliphatic heterocycles. The van der Waals surface area contributed by atoms with Crippen molar-refractivity contribution in [1.29, 1.82) is 0 Å². The van der Waals surface area contributed by atoms with Crippen LogP contribution in [0.5, 0.6) is 0 Å². The van der Waals surface area contributed by atoms with E-state index in [0.717, 1.165) is 47.7 Å². The van der Waals surface area contributed by atoms with E-state index in [1.54, 1.807) is 31.4 Å². The third-order valence-corrected chi connectivity index (χ3v) is 6.49. The maximum atomic E-state index is 12.4. The molecule has 8 heteroatoms. The predicted octanol–water partition coefficient (Wildman–Crippen LogP) is 2.93. The SMILES string of the molecule is CN(C)C(=O)c1sc2nc([C@]3(C)CCCN(c4cnccn4)C3)ccc2c1N. The van der Waals surface area contributed by atoms with E-state index >= 15 is 0 Å². The minimum absolute atomic E-state index is 0.0836. The molecule has 0 aromatic carbocycles. The molecule has 4 rings (SSSR count). The molecule has 0 bridgehead atoms. The summed E-state index contributed by atoms with van der Waals surface area (Å²) in [5, 5.41) is 0.851. The largest absolute Gasteiger partial charge is 0.397 e. The van der Waals surface area contributed by atoms with E-state index in [4.69, 9.17) is 10.7 Å². The average Bonchev–Trinajstić information content (AvgIpc) is 3.04. The molecule has 146 valence electrons. The zero-order chi connectivity index (χ0) is 19.9. The number of thiophene rings is 1. The van der Waals surface area contributed by atoms with Crippen LogP contribution in [0.1, 0.15) is 35.1 Å². The summed E-state index contributed by atoms with van der Waals surface area (Å²) in [7, 11) is 3.46. The van der Waals surface area contributed by atoms with Crippen LogP contribution in [-0.2, 0) is 5.41 Å². The van der Waals surface area contributed by atoms with Crippen LogP contribution in [0, 0.1) is 0 Å². The summed E-state index contributed by atoms with van der Waals surface area (Å²) in [4.78, 5) is 31.2. The van der Waals surface area contributed by atoms with Gasteiger partial charge in [-0.1, -0.05) is 6.92 Å². The number of nitrogens with two attached hydrogens (primary N) is 1. The van der Waals surface area contributed by atoms with E-state index in [1.807, 2.05) is 12.3 Å². The molecule has 0 saturated carbocycles. The molecule has 0 spiro atoms. The van der Waals surface area contributed by atoms with Crippen molar-refractivity contribution >= 4 is 39.0 Å². The van der Waals surface area contributed by atoms with E-state index in [2.05, 4.69) is 27.9 Å².